The Morgan fingerprint density at radius 1 is 1.33 bits per heavy atom. The average Bonchev–Trinajstić information content (AvgIpc) is 2.19. The molecule has 0 aliphatic heterocycles. The van der Waals surface area contributed by atoms with Crippen molar-refractivity contribution in [2.24, 2.45) is 5.41 Å². The maximum absolute atomic E-state index is 13.0. The smallest absolute Gasteiger partial charge is 0.242 e. The minimum Gasteiger partial charge on any atom is -0.398 e. The molecule has 0 heterocycles. The SMILES string of the molecule is CC(C)(C)CCNS(=O)(=O)c1cc(F)ccc1N. The fourth-order valence-corrected chi connectivity index (χ4v) is 2.55. The van der Waals surface area contributed by atoms with Crippen LogP contribution in [-0.4, -0.2) is 15.0 Å². The first-order chi connectivity index (χ1) is 8.12. The monoisotopic (exact) mass is 274 g/mol. The van der Waals surface area contributed by atoms with Gasteiger partial charge in [0, 0.05) is 6.54 Å². The number of hydrogen-bond acceptors (Lipinski definition) is 3. The van der Waals surface area contributed by atoms with Crippen molar-refractivity contribution in [2.75, 3.05) is 12.3 Å². The molecule has 18 heavy (non-hydrogen) atoms. The van der Waals surface area contributed by atoms with E-state index >= 15 is 0 Å². The summed E-state index contributed by atoms with van der Waals surface area (Å²) < 4.78 is 39.3. The zero-order chi connectivity index (χ0) is 14.0. The van der Waals surface area contributed by atoms with Crippen molar-refractivity contribution in [3.05, 3.63) is 24.0 Å². The summed E-state index contributed by atoms with van der Waals surface area (Å²) in [6, 6.07) is 3.30. The Hall–Kier alpha value is -1.14. The molecule has 6 heteroatoms. The van der Waals surface area contributed by atoms with Crippen LogP contribution in [0.5, 0.6) is 0 Å². The first kappa shape index (κ1) is 14.9. The minimum absolute atomic E-state index is 0.0238. The minimum atomic E-state index is -3.75. The molecule has 102 valence electrons. The molecule has 0 atom stereocenters. The Labute approximate surface area is 107 Å². The van der Waals surface area contributed by atoms with Gasteiger partial charge in [0.2, 0.25) is 10.0 Å². The van der Waals surface area contributed by atoms with Gasteiger partial charge in [0.25, 0.3) is 0 Å². The summed E-state index contributed by atoms with van der Waals surface area (Å²) in [4.78, 5) is -0.212. The van der Waals surface area contributed by atoms with E-state index in [1.807, 2.05) is 20.8 Å². The van der Waals surface area contributed by atoms with Gasteiger partial charge in [0.05, 0.1) is 5.69 Å². The third kappa shape index (κ3) is 4.27. The number of rotatable bonds is 4. The van der Waals surface area contributed by atoms with Crippen LogP contribution in [0.25, 0.3) is 0 Å². The highest BCUT2D eigenvalue weighted by Gasteiger charge is 2.19. The second-order valence-corrected chi connectivity index (χ2v) is 7.13. The van der Waals surface area contributed by atoms with E-state index in [0.717, 1.165) is 12.1 Å². The standard InChI is InChI=1S/C12H19FN2O2S/c1-12(2,3)6-7-15-18(16,17)11-8-9(13)4-5-10(11)14/h4-5,8,15H,6-7,14H2,1-3H3. The lowest BCUT2D eigenvalue weighted by Crippen LogP contribution is -2.28. The summed E-state index contributed by atoms with van der Waals surface area (Å²) in [6.07, 6.45) is 0.682. The molecular formula is C12H19FN2O2S. The predicted octanol–water partition coefficient (Wildman–Crippen LogP) is 2.12. The summed E-state index contributed by atoms with van der Waals surface area (Å²) in [7, 11) is -3.75. The Balaban J connectivity index is 2.84. The van der Waals surface area contributed by atoms with E-state index < -0.39 is 15.8 Å². The van der Waals surface area contributed by atoms with Crippen LogP contribution in [0.15, 0.2) is 23.1 Å². The number of halogens is 1. The topological polar surface area (TPSA) is 72.2 Å². The summed E-state index contributed by atoms with van der Waals surface area (Å²) in [5.74, 6) is -0.625. The molecule has 0 radical (unpaired) electrons. The van der Waals surface area contributed by atoms with Gasteiger partial charge < -0.3 is 5.73 Å². The first-order valence-electron chi connectivity index (χ1n) is 5.66. The van der Waals surface area contributed by atoms with Crippen molar-refractivity contribution >= 4 is 15.7 Å². The van der Waals surface area contributed by atoms with Gasteiger partial charge in [-0.1, -0.05) is 20.8 Å². The van der Waals surface area contributed by atoms with Crippen LogP contribution in [0.4, 0.5) is 10.1 Å². The average molecular weight is 274 g/mol. The van der Waals surface area contributed by atoms with E-state index in [0.29, 0.717) is 13.0 Å². The van der Waals surface area contributed by atoms with E-state index in [-0.39, 0.29) is 16.0 Å². The van der Waals surface area contributed by atoms with Gasteiger partial charge in [0.15, 0.2) is 0 Å². The van der Waals surface area contributed by atoms with Gasteiger partial charge in [-0.15, -0.1) is 0 Å². The van der Waals surface area contributed by atoms with E-state index in [2.05, 4.69) is 4.72 Å². The van der Waals surface area contributed by atoms with Crippen molar-refractivity contribution in [3.63, 3.8) is 0 Å². The molecular weight excluding hydrogens is 255 g/mol. The van der Waals surface area contributed by atoms with Crippen LogP contribution in [0, 0.1) is 11.2 Å². The highest BCUT2D eigenvalue weighted by Crippen LogP contribution is 2.21. The highest BCUT2D eigenvalue weighted by atomic mass is 32.2. The number of nitrogen functional groups attached to an aromatic ring is 1. The zero-order valence-corrected chi connectivity index (χ0v) is 11.6. The molecule has 0 bridgehead atoms. The number of anilines is 1. The van der Waals surface area contributed by atoms with Crippen LogP contribution in [0.3, 0.4) is 0 Å². The molecule has 0 amide bonds. The van der Waals surface area contributed by atoms with Crippen molar-refractivity contribution in [2.45, 2.75) is 32.1 Å². The molecule has 0 aliphatic rings. The molecule has 3 N–H and O–H groups in total. The first-order valence-corrected chi connectivity index (χ1v) is 7.15. The van der Waals surface area contributed by atoms with Gasteiger partial charge in [-0.3, -0.25) is 0 Å². The van der Waals surface area contributed by atoms with Crippen LogP contribution >= 0.6 is 0 Å². The summed E-state index contributed by atoms with van der Waals surface area (Å²) in [5.41, 5.74) is 5.61. The molecule has 0 unspecified atom stereocenters. The maximum atomic E-state index is 13.0. The summed E-state index contributed by atoms with van der Waals surface area (Å²) in [6.45, 7) is 6.33. The van der Waals surface area contributed by atoms with Gasteiger partial charge in [-0.2, -0.15) is 0 Å². The normalized spacial score (nSPS) is 12.7. The Bertz CT molecular complexity index is 521. The van der Waals surface area contributed by atoms with E-state index in [4.69, 9.17) is 5.73 Å². The lowest BCUT2D eigenvalue weighted by Gasteiger charge is -2.18. The van der Waals surface area contributed by atoms with Crippen LogP contribution in [0.2, 0.25) is 0 Å². The number of hydrogen-bond donors (Lipinski definition) is 2. The highest BCUT2D eigenvalue weighted by molar-refractivity contribution is 7.89. The molecule has 0 spiro atoms. The Morgan fingerprint density at radius 2 is 1.94 bits per heavy atom. The molecule has 0 fully saturated rings. The predicted molar refractivity (Wildman–Crippen MR) is 70.1 cm³/mol. The summed E-state index contributed by atoms with van der Waals surface area (Å²) >= 11 is 0. The number of sulfonamides is 1. The van der Waals surface area contributed by atoms with E-state index in [1.54, 1.807) is 0 Å². The zero-order valence-electron chi connectivity index (χ0n) is 10.8. The van der Waals surface area contributed by atoms with Crippen molar-refractivity contribution in [1.82, 2.24) is 4.72 Å². The summed E-state index contributed by atoms with van der Waals surface area (Å²) in [5, 5.41) is 0. The van der Waals surface area contributed by atoms with Gasteiger partial charge in [-0.05, 0) is 30.0 Å². The van der Waals surface area contributed by atoms with E-state index in [1.165, 1.54) is 6.07 Å². The molecule has 1 aromatic carbocycles. The maximum Gasteiger partial charge on any atom is 0.242 e. The number of benzene rings is 1. The quantitative estimate of drug-likeness (QED) is 0.826. The molecule has 0 aliphatic carbocycles. The fourth-order valence-electron chi connectivity index (χ4n) is 1.38. The Kier molecular flexibility index (Phi) is 4.34. The van der Waals surface area contributed by atoms with Gasteiger partial charge in [-0.25, -0.2) is 17.5 Å². The second kappa shape index (κ2) is 5.24. The van der Waals surface area contributed by atoms with Crippen molar-refractivity contribution in [3.8, 4) is 0 Å². The molecule has 4 nitrogen and oxygen atoms in total. The van der Waals surface area contributed by atoms with Crippen LogP contribution in [0.1, 0.15) is 27.2 Å². The van der Waals surface area contributed by atoms with Crippen LogP contribution in [-0.2, 0) is 10.0 Å². The van der Waals surface area contributed by atoms with Gasteiger partial charge in [0.1, 0.15) is 10.7 Å². The van der Waals surface area contributed by atoms with E-state index in [9.17, 15) is 12.8 Å². The van der Waals surface area contributed by atoms with Gasteiger partial charge >= 0.3 is 0 Å². The molecule has 1 aromatic rings. The number of nitrogens with one attached hydrogen (secondary N) is 1. The third-order valence-corrected chi connectivity index (χ3v) is 3.95. The second-order valence-electron chi connectivity index (χ2n) is 5.39. The molecule has 0 saturated carbocycles. The lowest BCUT2D eigenvalue weighted by molar-refractivity contribution is 0.378. The number of nitrogens with two attached hydrogens (primary N) is 1. The lowest BCUT2D eigenvalue weighted by atomic mass is 9.93. The molecule has 0 aromatic heterocycles. The largest absolute Gasteiger partial charge is 0.398 e. The van der Waals surface area contributed by atoms with Crippen LogP contribution < -0.4 is 10.5 Å². The molecule has 0 saturated heterocycles. The fraction of sp³-hybridized carbons (Fsp3) is 0.500. The third-order valence-electron chi connectivity index (χ3n) is 2.43. The van der Waals surface area contributed by atoms with Crippen molar-refractivity contribution in [1.29, 1.82) is 0 Å². The molecule has 1 rings (SSSR count). The Morgan fingerprint density at radius 3 is 2.50 bits per heavy atom. The van der Waals surface area contributed by atoms with Crippen molar-refractivity contribution < 1.29 is 12.8 Å².